The normalized spacial score (nSPS) is 19.1. The number of carbonyl (C=O) groups is 1. The summed E-state index contributed by atoms with van der Waals surface area (Å²) >= 11 is 3.30. The van der Waals surface area contributed by atoms with E-state index in [4.69, 9.17) is 4.74 Å². The molecule has 2 heterocycles. The molecule has 0 unspecified atom stereocenters. The van der Waals surface area contributed by atoms with Crippen molar-refractivity contribution in [3.63, 3.8) is 0 Å². The number of nitrogens with zero attached hydrogens (tertiary/aromatic N) is 2. The maximum Gasteiger partial charge on any atom is 0.272 e. The first-order valence-electron chi connectivity index (χ1n) is 5.53. The fourth-order valence-corrected chi connectivity index (χ4v) is 2.09. The Morgan fingerprint density at radius 1 is 1.53 bits per heavy atom. The molecule has 2 rings (SSSR count). The molecule has 1 aromatic rings. The zero-order valence-corrected chi connectivity index (χ0v) is 11.5. The molecular formula is C12H15BrN2O2. The number of carbonyl (C=O) groups excluding carboxylic acids is 1. The number of morpholine rings is 1. The van der Waals surface area contributed by atoms with Gasteiger partial charge in [0.1, 0.15) is 5.69 Å². The number of rotatable bonds is 1. The van der Waals surface area contributed by atoms with Crippen molar-refractivity contribution in [3.8, 4) is 0 Å². The maximum atomic E-state index is 12.2. The Balaban J connectivity index is 2.12. The van der Waals surface area contributed by atoms with E-state index in [9.17, 15) is 4.79 Å². The van der Waals surface area contributed by atoms with Gasteiger partial charge in [0.2, 0.25) is 0 Å². The molecule has 1 saturated heterocycles. The van der Waals surface area contributed by atoms with Gasteiger partial charge in [-0.1, -0.05) is 0 Å². The Hall–Kier alpha value is -0.940. The average Bonchev–Trinajstić information content (AvgIpc) is 2.28. The summed E-state index contributed by atoms with van der Waals surface area (Å²) in [5.74, 6) is -0.0334. The van der Waals surface area contributed by atoms with Crippen LogP contribution in [0.25, 0.3) is 0 Å². The van der Waals surface area contributed by atoms with Crippen molar-refractivity contribution in [3.05, 3.63) is 28.5 Å². The molecular weight excluding hydrogens is 284 g/mol. The van der Waals surface area contributed by atoms with Gasteiger partial charge >= 0.3 is 0 Å². The molecule has 0 bridgehead atoms. The third-order valence-electron chi connectivity index (χ3n) is 2.66. The first-order chi connectivity index (χ1) is 7.98. The summed E-state index contributed by atoms with van der Waals surface area (Å²) in [7, 11) is 0. The third kappa shape index (κ3) is 3.04. The minimum absolute atomic E-state index is 0.0334. The number of hydrogen-bond acceptors (Lipinski definition) is 3. The van der Waals surface area contributed by atoms with Crippen LogP contribution in [-0.4, -0.2) is 41.1 Å². The van der Waals surface area contributed by atoms with Crippen molar-refractivity contribution in [1.29, 1.82) is 0 Å². The highest BCUT2D eigenvalue weighted by Crippen LogP contribution is 2.18. The van der Waals surface area contributed by atoms with Crippen LogP contribution < -0.4 is 0 Å². The number of amides is 1. The summed E-state index contributed by atoms with van der Waals surface area (Å²) < 4.78 is 6.45. The molecule has 0 radical (unpaired) electrons. The molecule has 1 aliphatic heterocycles. The number of halogens is 1. The second kappa shape index (κ2) is 4.74. The van der Waals surface area contributed by atoms with Crippen LogP contribution in [0.2, 0.25) is 0 Å². The SMILES string of the molecule is CC1(C)CN(C(=O)c2ccc(Br)cn2)CCO1. The van der Waals surface area contributed by atoms with Crippen LogP contribution in [0.5, 0.6) is 0 Å². The summed E-state index contributed by atoms with van der Waals surface area (Å²) in [4.78, 5) is 18.1. The Labute approximate surface area is 109 Å². The van der Waals surface area contributed by atoms with Gasteiger partial charge in [-0.2, -0.15) is 0 Å². The quantitative estimate of drug-likeness (QED) is 0.797. The first-order valence-corrected chi connectivity index (χ1v) is 6.32. The first kappa shape index (κ1) is 12.5. The van der Waals surface area contributed by atoms with Crippen LogP contribution in [-0.2, 0) is 4.74 Å². The highest BCUT2D eigenvalue weighted by molar-refractivity contribution is 9.10. The predicted molar refractivity (Wildman–Crippen MR) is 67.9 cm³/mol. The van der Waals surface area contributed by atoms with Gasteiger partial charge < -0.3 is 9.64 Å². The molecule has 1 fully saturated rings. The van der Waals surface area contributed by atoms with Gasteiger partial charge in [-0.05, 0) is 41.9 Å². The molecule has 1 amide bonds. The fourth-order valence-electron chi connectivity index (χ4n) is 1.85. The molecule has 17 heavy (non-hydrogen) atoms. The van der Waals surface area contributed by atoms with Crippen LogP contribution in [0.1, 0.15) is 24.3 Å². The van der Waals surface area contributed by atoms with E-state index < -0.39 is 0 Å². The number of pyridine rings is 1. The monoisotopic (exact) mass is 298 g/mol. The number of hydrogen-bond donors (Lipinski definition) is 0. The molecule has 4 nitrogen and oxygen atoms in total. The van der Waals surface area contributed by atoms with Crippen molar-refractivity contribution < 1.29 is 9.53 Å². The fraction of sp³-hybridized carbons (Fsp3) is 0.500. The van der Waals surface area contributed by atoms with Crippen molar-refractivity contribution in [1.82, 2.24) is 9.88 Å². The predicted octanol–water partition coefficient (Wildman–Crippen LogP) is 2.10. The lowest BCUT2D eigenvalue weighted by molar-refractivity contribution is -0.0765. The number of ether oxygens (including phenoxy) is 1. The standard InChI is InChI=1S/C12H15BrN2O2/c1-12(2)8-15(5-6-17-12)11(16)10-4-3-9(13)7-14-10/h3-4,7H,5-6,8H2,1-2H3. The van der Waals surface area contributed by atoms with Crippen LogP contribution in [0.15, 0.2) is 22.8 Å². The minimum atomic E-state index is -0.275. The molecule has 0 saturated carbocycles. The van der Waals surface area contributed by atoms with Gasteiger partial charge in [-0.25, -0.2) is 4.98 Å². The lowest BCUT2D eigenvalue weighted by Crippen LogP contribution is -2.50. The summed E-state index contributed by atoms with van der Waals surface area (Å²) in [5, 5.41) is 0. The second-order valence-electron chi connectivity index (χ2n) is 4.70. The highest BCUT2D eigenvalue weighted by Gasteiger charge is 2.30. The van der Waals surface area contributed by atoms with Crippen molar-refractivity contribution >= 4 is 21.8 Å². The zero-order chi connectivity index (χ0) is 12.5. The molecule has 0 aliphatic carbocycles. The maximum absolute atomic E-state index is 12.2. The summed E-state index contributed by atoms with van der Waals surface area (Å²) in [6.45, 7) is 5.78. The molecule has 5 heteroatoms. The van der Waals surface area contributed by atoms with Gasteiger partial charge in [0.25, 0.3) is 5.91 Å². The molecule has 1 aromatic heterocycles. The lowest BCUT2D eigenvalue weighted by atomic mass is 10.1. The Morgan fingerprint density at radius 2 is 2.29 bits per heavy atom. The average molecular weight is 299 g/mol. The van der Waals surface area contributed by atoms with Crippen molar-refractivity contribution in [2.45, 2.75) is 19.4 Å². The van der Waals surface area contributed by atoms with Crippen molar-refractivity contribution in [2.75, 3.05) is 19.7 Å². The van der Waals surface area contributed by atoms with Crippen LogP contribution >= 0.6 is 15.9 Å². The summed E-state index contributed by atoms with van der Waals surface area (Å²) in [6.07, 6.45) is 1.64. The van der Waals surface area contributed by atoms with E-state index >= 15 is 0 Å². The Kier molecular flexibility index (Phi) is 3.49. The summed E-state index contributed by atoms with van der Waals surface area (Å²) in [5.41, 5.74) is 0.203. The molecule has 0 N–H and O–H groups in total. The minimum Gasteiger partial charge on any atom is -0.372 e. The van der Waals surface area contributed by atoms with Gasteiger partial charge in [0, 0.05) is 23.8 Å². The summed E-state index contributed by atoms with van der Waals surface area (Å²) in [6, 6.07) is 3.56. The topological polar surface area (TPSA) is 42.4 Å². The van der Waals surface area contributed by atoms with E-state index in [1.54, 1.807) is 17.2 Å². The number of aromatic nitrogens is 1. The van der Waals surface area contributed by atoms with Gasteiger partial charge in [0.05, 0.1) is 12.2 Å². The van der Waals surface area contributed by atoms with E-state index in [0.29, 0.717) is 25.4 Å². The molecule has 92 valence electrons. The zero-order valence-electron chi connectivity index (χ0n) is 9.94. The van der Waals surface area contributed by atoms with E-state index in [-0.39, 0.29) is 11.5 Å². The van der Waals surface area contributed by atoms with Gasteiger partial charge in [0.15, 0.2) is 0 Å². The molecule has 0 atom stereocenters. The molecule has 1 aliphatic rings. The van der Waals surface area contributed by atoms with E-state index in [2.05, 4.69) is 20.9 Å². The molecule has 0 aromatic carbocycles. The van der Waals surface area contributed by atoms with Gasteiger partial charge in [-0.3, -0.25) is 4.79 Å². The van der Waals surface area contributed by atoms with Gasteiger partial charge in [-0.15, -0.1) is 0 Å². The Morgan fingerprint density at radius 3 is 2.88 bits per heavy atom. The van der Waals surface area contributed by atoms with E-state index in [1.165, 1.54) is 0 Å². The lowest BCUT2D eigenvalue weighted by Gasteiger charge is -2.37. The van der Waals surface area contributed by atoms with Crippen LogP contribution in [0.3, 0.4) is 0 Å². The van der Waals surface area contributed by atoms with E-state index in [0.717, 1.165) is 4.47 Å². The Bertz CT molecular complexity index is 417. The smallest absolute Gasteiger partial charge is 0.272 e. The largest absolute Gasteiger partial charge is 0.372 e. The van der Waals surface area contributed by atoms with Crippen LogP contribution in [0, 0.1) is 0 Å². The third-order valence-corrected chi connectivity index (χ3v) is 3.13. The van der Waals surface area contributed by atoms with Crippen LogP contribution in [0.4, 0.5) is 0 Å². The van der Waals surface area contributed by atoms with Crippen molar-refractivity contribution in [2.24, 2.45) is 0 Å². The molecule has 0 spiro atoms. The van der Waals surface area contributed by atoms with E-state index in [1.807, 2.05) is 19.9 Å². The highest BCUT2D eigenvalue weighted by atomic mass is 79.9. The second-order valence-corrected chi connectivity index (χ2v) is 5.61.